The van der Waals surface area contributed by atoms with Crippen molar-refractivity contribution in [2.24, 2.45) is 0 Å². The first-order chi connectivity index (χ1) is 5.58. The first-order valence-corrected chi connectivity index (χ1v) is 3.93. The van der Waals surface area contributed by atoms with Crippen molar-refractivity contribution in [1.29, 1.82) is 0 Å². The predicted octanol–water partition coefficient (Wildman–Crippen LogP) is 1.30. The first kappa shape index (κ1) is 13.7. The standard InChI is InChI=1S/C5H13N.C4H6O2/c1-4-5-6(2)3;1-3-4(5)6-2/h4-5H2,1-3H3;3H,1H2,2H3. The van der Waals surface area contributed by atoms with Crippen LogP contribution in [0.15, 0.2) is 12.7 Å². The van der Waals surface area contributed by atoms with Crippen LogP contribution in [-0.2, 0) is 9.53 Å². The van der Waals surface area contributed by atoms with Crippen LogP contribution in [0.3, 0.4) is 0 Å². The Bertz CT molecular complexity index is 122. The second-order valence-corrected chi connectivity index (χ2v) is 2.53. The Kier molecular flexibility index (Phi) is 11.6. The summed E-state index contributed by atoms with van der Waals surface area (Å²) in [6, 6.07) is 0. The van der Waals surface area contributed by atoms with Crippen LogP contribution in [0.2, 0.25) is 0 Å². The number of ether oxygens (including phenoxy) is 1. The second-order valence-electron chi connectivity index (χ2n) is 2.53. The van der Waals surface area contributed by atoms with Gasteiger partial charge in [0.2, 0.25) is 0 Å². The lowest BCUT2D eigenvalue weighted by Gasteiger charge is -2.03. The Labute approximate surface area is 75.0 Å². The van der Waals surface area contributed by atoms with Gasteiger partial charge in [0.05, 0.1) is 7.11 Å². The lowest BCUT2D eigenvalue weighted by atomic mass is 10.5. The zero-order valence-electron chi connectivity index (χ0n) is 8.46. The summed E-state index contributed by atoms with van der Waals surface area (Å²) >= 11 is 0. The monoisotopic (exact) mass is 173 g/mol. The zero-order valence-corrected chi connectivity index (χ0v) is 8.46. The highest BCUT2D eigenvalue weighted by atomic mass is 16.5. The molecule has 0 rings (SSSR count). The SMILES string of the molecule is C=CC(=O)OC.CCCN(C)C. The normalized spacial score (nSPS) is 8.42. The molecule has 0 saturated heterocycles. The number of esters is 1. The predicted molar refractivity (Wildman–Crippen MR) is 51.1 cm³/mol. The number of rotatable bonds is 3. The number of carbonyl (C=O) groups excluding carboxylic acids is 1. The number of nitrogens with zero attached hydrogens (tertiary/aromatic N) is 1. The molecule has 3 heteroatoms. The fourth-order valence-electron chi connectivity index (χ4n) is 0.531. The van der Waals surface area contributed by atoms with Crippen molar-refractivity contribution in [3.05, 3.63) is 12.7 Å². The van der Waals surface area contributed by atoms with Crippen molar-refractivity contribution >= 4 is 5.97 Å². The Morgan fingerprint density at radius 1 is 1.58 bits per heavy atom. The maximum absolute atomic E-state index is 9.84. The van der Waals surface area contributed by atoms with Crippen LogP contribution in [0.4, 0.5) is 0 Å². The maximum atomic E-state index is 9.84. The highest BCUT2D eigenvalue weighted by Crippen LogP contribution is 1.76. The van der Waals surface area contributed by atoms with Crippen molar-refractivity contribution in [2.75, 3.05) is 27.7 Å². The van der Waals surface area contributed by atoms with Crippen LogP contribution in [0.25, 0.3) is 0 Å². The fourth-order valence-corrected chi connectivity index (χ4v) is 0.531. The highest BCUT2D eigenvalue weighted by Gasteiger charge is 1.82. The molecule has 0 saturated carbocycles. The van der Waals surface area contributed by atoms with Crippen molar-refractivity contribution in [2.45, 2.75) is 13.3 Å². The summed E-state index contributed by atoms with van der Waals surface area (Å²) in [6.45, 7) is 6.55. The lowest BCUT2D eigenvalue weighted by Crippen LogP contribution is -2.11. The third kappa shape index (κ3) is 16.1. The van der Waals surface area contributed by atoms with Gasteiger partial charge in [0.25, 0.3) is 0 Å². The molecule has 0 radical (unpaired) electrons. The minimum Gasteiger partial charge on any atom is -0.466 e. The van der Waals surface area contributed by atoms with E-state index in [2.05, 4.69) is 37.2 Å². The second kappa shape index (κ2) is 10.2. The van der Waals surface area contributed by atoms with E-state index in [0.29, 0.717) is 0 Å². The Hall–Kier alpha value is -0.830. The average Bonchev–Trinajstić information content (AvgIpc) is 2.04. The van der Waals surface area contributed by atoms with Crippen LogP contribution < -0.4 is 0 Å². The van der Waals surface area contributed by atoms with E-state index in [1.54, 1.807) is 0 Å². The van der Waals surface area contributed by atoms with Gasteiger partial charge in [-0.25, -0.2) is 4.79 Å². The van der Waals surface area contributed by atoms with Gasteiger partial charge in [0, 0.05) is 6.08 Å². The lowest BCUT2D eigenvalue weighted by molar-refractivity contribution is -0.134. The summed E-state index contributed by atoms with van der Waals surface area (Å²) in [7, 11) is 5.48. The van der Waals surface area contributed by atoms with Gasteiger partial charge in [-0.15, -0.1) is 0 Å². The number of carbonyl (C=O) groups is 1. The molecule has 0 aromatic rings. The molecule has 0 unspecified atom stereocenters. The summed E-state index contributed by atoms with van der Waals surface area (Å²) < 4.78 is 4.14. The van der Waals surface area contributed by atoms with Gasteiger partial charge in [-0.2, -0.15) is 0 Å². The molecule has 0 spiro atoms. The molecule has 3 nitrogen and oxygen atoms in total. The topological polar surface area (TPSA) is 29.5 Å². The van der Waals surface area contributed by atoms with E-state index in [1.165, 1.54) is 20.1 Å². The minimum absolute atomic E-state index is 0.394. The van der Waals surface area contributed by atoms with Crippen molar-refractivity contribution < 1.29 is 9.53 Å². The molecule has 0 aliphatic carbocycles. The van der Waals surface area contributed by atoms with Crippen LogP contribution in [0.5, 0.6) is 0 Å². The van der Waals surface area contributed by atoms with E-state index >= 15 is 0 Å². The quantitative estimate of drug-likeness (QED) is 0.476. The molecule has 0 atom stereocenters. The van der Waals surface area contributed by atoms with Gasteiger partial charge in [-0.1, -0.05) is 13.5 Å². The molecule has 72 valence electrons. The van der Waals surface area contributed by atoms with E-state index in [0.717, 1.165) is 6.08 Å². The molecule has 0 N–H and O–H groups in total. The van der Waals surface area contributed by atoms with E-state index in [1.807, 2.05) is 0 Å². The van der Waals surface area contributed by atoms with Gasteiger partial charge in [-0.3, -0.25) is 0 Å². The Balaban J connectivity index is 0. The summed E-state index contributed by atoms with van der Waals surface area (Å²) in [5.74, 6) is -0.394. The number of methoxy groups -OCH3 is 1. The van der Waals surface area contributed by atoms with E-state index < -0.39 is 5.97 Å². The van der Waals surface area contributed by atoms with Gasteiger partial charge in [0.1, 0.15) is 0 Å². The van der Waals surface area contributed by atoms with Crippen LogP contribution in [0.1, 0.15) is 13.3 Å². The molecule has 0 aliphatic heterocycles. The molecule has 0 aromatic heterocycles. The molecule has 0 fully saturated rings. The van der Waals surface area contributed by atoms with E-state index in [4.69, 9.17) is 0 Å². The molecular weight excluding hydrogens is 154 g/mol. The van der Waals surface area contributed by atoms with E-state index in [-0.39, 0.29) is 0 Å². The molecule has 12 heavy (non-hydrogen) atoms. The van der Waals surface area contributed by atoms with Crippen LogP contribution >= 0.6 is 0 Å². The Morgan fingerprint density at radius 2 is 2.08 bits per heavy atom. The number of hydrogen-bond acceptors (Lipinski definition) is 3. The molecule has 0 amide bonds. The maximum Gasteiger partial charge on any atom is 0.329 e. The van der Waals surface area contributed by atoms with Gasteiger partial charge in [0.15, 0.2) is 0 Å². The number of hydrogen-bond donors (Lipinski definition) is 0. The van der Waals surface area contributed by atoms with E-state index in [9.17, 15) is 4.79 Å². The summed E-state index contributed by atoms with van der Waals surface area (Å²) in [5, 5.41) is 0. The zero-order chi connectivity index (χ0) is 9.98. The Morgan fingerprint density at radius 3 is 2.08 bits per heavy atom. The highest BCUT2D eigenvalue weighted by molar-refractivity contribution is 5.80. The van der Waals surface area contributed by atoms with Crippen LogP contribution in [-0.4, -0.2) is 38.6 Å². The fraction of sp³-hybridized carbons (Fsp3) is 0.667. The first-order valence-electron chi connectivity index (χ1n) is 3.93. The van der Waals surface area contributed by atoms with Gasteiger partial charge in [-0.05, 0) is 27.1 Å². The van der Waals surface area contributed by atoms with Crippen LogP contribution in [0, 0.1) is 0 Å². The van der Waals surface area contributed by atoms with Gasteiger partial charge < -0.3 is 9.64 Å². The molecule has 0 heterocycles. The molecule has 0 bridgehead atoms. The van der Waals surface area contributed by atoms with Gasteiger partial charge >= 0.3 is 5.97 Å². The third-order valence-corrected chi connectivity index (χ3v) is 1.04. The third-order valence-electron chi connectivity index (χ3n) is 1.04. The largest absolute Gasteiger partial charge is 0.466 e. The average molecular weight is 173 g/mol. The summed E-state index contributed by atoms with van der Waals surface area (Å²) in [5.41, 5.74) is 0. The summed E-state index contributed by atoms with van der Waals surface area (Å²) in [4.78, 5) is 12.0. The molecule has 0 aromatic carbocycles. The van der Waals surface area contributed by atoms with Crippen molar-refractivity contribution in [3.8, 4) is 0 Å². The van der Waals surface area contributed by atoms with Crippen molar-refractivity contribution in [1.82, 2.24) is 4.90 Å². The minimum atomic E-state index is -0.394. The smallest absolute Gasteiger partial charge is 0.329 e. The molecular formula is C9H19NO2. The van der Waals surface area contributed by atoms with Crippen molar-refractivity contribution in [3.63, 3.8) is 0 Å². The summed E-state index contributed by atoms with van der Waals surface area (Å²) in [6.07, 6.45) is 2.37. The molecule has 0 aliphatic rings.